The Balaban J connectivity index is 1.90. The van der Waals surface area contributed by atoms with Crippen LogP contribution < -0.4 is 0 Å². The van der Waals surface area contributed by atoms with Crippen molar-refractivity contribution in [3.63, 3.8) is 0 Å². The monoisotopic (exact) mass is 240 g/mol. The lowest BCUT2D eigenvalue weighted by Gasteiger charge is -2.60. The van der Waals surface area contributed by atoms with E-state index in [0.717, 1.165) is 31.4 Å². The molecule has 0 spiro atoms. The van der Waals surface area contributed by atoms with Crippen molar-refractivity contribution in [3.05, 3.63) is 35.4 Å². The van der Waals surface area contributed by atoms with Crippen molar-refractivity contribution in [1.29, 1.82) is 0 Å². The molecule has 0 atom stereocenters. The minimum absolute atomic E-state index is 0.105. The molecule has 1 nitrogen and oxygen atoms in total. The highest BCUT2D eigenvalue weighted by atomic mass is 19.4. The summed E-state index contributed by atoms with van der Waals surface area (Å²) in [7, 11) is 0. The molecule has 0 N–H and O–H groups in total. The fraction of sp³-hybridized carbons (Fsp3) is 0.462. The normalized spacial score (nSPS) is 30.4. The summed E-state index contributed by atoms with van der Waals surface area (Å²) in [6.07, 6.45) is -1.79. The number of ketones is 1. The SMILES string of the molecule is O=C(c1cccc(C(F)(F)F)c1)C12CC(C1)C2. The van der Waals surface area contributed by atoms with Crippen LogP contribution in [0.15, 0.2) is 24.3 Å². The summed E-state index contributed by atoms with van der Waals surface area (Å²) >= 11 is 0. The number of alkyl halides is 3. The van der Waals surface area contributed by atoms with Gasteiger partial charge < -0.3 is 0 Å². The van der Waals surface area contributed by atoms with E-state index in [1.165, 1.54) is 12.1 Å². The number of benzene rings is 1. The van der Waals surface area contributed by atoms with E-state index in [9.17, 15) is 18.0 Å². The molecular weight excluding hydrogens is 229 g/mol. The van der Waals surface area contributed by atoms with Crippen LogP contribution in [0.1, 0.15) is 35.2 Å². The number of hydrogen-bond donors (Lipinski definition) is 0. The maximum atomic E-state index is 12.5. The highest BCUT2D eigenvalue weighted by molar-refractivity contribution is 6.02. The van der Waals surface area contributed by atoms with Crippen LogP contribution >= 0.6 is 0 Å². The average Bonchev–Trinajstić information content (AvgIpc) is 2.12. The molecule has 17 heavy (non-hydrogen) atoms. The fourth-order valence-electron chi connectivity index (χ4n) is 2.90. The first-order valence-corrected chi connectivity index (χ1v) is 5.63. The van der Waals surface area contributed by atoms with E-state index in [0.29, 0.717) is 5.92 Å². The molecule has 3 fully saturated rings. The van der Waals surface area contributed by atoms with Crippen molar-refractivity contribution in [2.75, 3.05) is 0 Å². The Bertz CT molecular complexity index is 473. The summed E-state index contributed by atoms with van der Waals surface area (Å²) in [6, 6.07) is 4.76. The summed E-state index contributed by atoms with van der Waals surface area (Å²) in [5.74, 6) is 0.538. The highest BCUT2D eigenvalue weighted by Gasteiger charge is 2.61. The summed E-state index contributed by atoms with van der Waals surface area (Å²) in [6.45, 7) is 0. The second kappa shape index (κ2) is 3.12. The quantitative estimate of drug-likeness (QED) is 0.720. The van der Waals surface area contributed by atoms with Gasteiger partial charge in [0.15, 0.2) is 5.78 Å². The number of Topliss-reactive ketones (excluding diaryl/α,β-unsaturated/α-hetero) is 1. The molecule has 0 amide bonds. The van der Waals surface area contributed by atoms with Crippen molar-refractivity contribution in [2.24, 2.45) is 11.3 Å². The van der Waals surface area contributed by atoms with E-state index >= 15 is 0 Å². The van der Waals surface area contributed by atoms with Gasteiger partial charge >= 0.3 is 6.18 Å². The summed E-state index contributed by atoms with van der Waals surface area (Å²) in [5.41, 5.74) is -0.845. The molecule has 0 saturated heterocycles. The zero-order valence-electron chi connectivity index (χ0n) is 9.05. The first kappa shape index (κ1) is 10.8. The van der Waals surface area contributed by atoms with Crippen LogP contribution in [0.5, 0.6) is 0 Å². The molecule has 90 valence electrons. The number of hydrogen-bond acceptors (Lipinski definition) is 1. The highest BCUT2D eigenvalue weighted by Crippen LogP contribution is 2.65. The van der Waals surface area contributed by atoms with Crippen LogP contribution in [-0.2, 0) is 6.18 Å². The number of halogens is 3. The smallest absolute Gasteiger partial charge is 0.294 e. The van der Waals surface area contributed by atoms with Crippen molar-refractivity contribution in [3.8, 4) is 0 Å². The Hall–Kier alpha value is -1.32. The molecule has 1 aromatic carbocycles. The lowest BCUT2D eigenvalue weighted by atomic mass is 9.42. The van der Waals surface area contributed by atoms with Crippen LogP contribution in [0.25, 0.3) is 0 Å². The molecule has 4 heteroatoms. The van der Waals surface area contributed by atoms with Gasteiger partial charge in [-0.2, -0.15) is 13.2 Å². The topological polar surface area (TPSA) is 17.1 Å². The fourth-order valence-corrected chi connectivity index (χ4v) is 2.90. The van der Waals surface area contributed by atoms with Crippen LogP contribution in [0.4, 0.5) is 13.2 Å². The largest absolute Gasteiger partial charge is 0.416 e. The summed E-state index contributed by atoms with van der Waals surface area (Å²) in [4.78, 5) is 12.1. The maximum Gasteiger partial charge on any atom is 0.416 e. The third-order valence-corrected chi connectivity index (χ3v) is 3.97. The van der Waals surface area contributed by atoms with Crippen molar-refractivity contribution in [2.45, 2.75) is 25.4 Å². The van der Waals surface area contributed by atoms with Gasteiger partial charge in [0.05, 0.1) is 5.56 Å². The second-order valence-corrected chi connectivity index (χ2v) is 5.17. The van der Waals surface area contributed by atoms with Crippen molar-refractivity contribution < 1.29 is 18.0 Å². The molecule has 2 bridgehead atoms. The van der Waals surface area contributed by atoms with Gasteiger partial charge in [-0.05, 0) is 37.3 Å². The van der Waals surface area contributed by atoms with E-state index in [1.54, 1.807) is 0 Å². The molecule has 3 saturated carbocycles. The van der Waals surface area contributed by atoms with Gasteiger partial charge in [-0.25, -0.2) is 0 Å². The Morgan fingerprint density at radius 3 is 2.35 bits per heavy atom. The zero-order valence-corrected chi connectivity index (χ0v) is 9.05. The van der Waals surface area contributed by atoms with E-state index < -0.39 is 11.7 Å². The molecule has 1 aromatic rings. The Morgan fingerprint density at radius 1 is 1.24 bits per heavy atom. The van der Waals surface area contributed by atoms with Gasteiger partial charge in [0.2, 0.25) is 0 Å². The van der Waals surface area contributed by atoms with Gasteiger partial charge in [-0.15, -0.1) is 0 Å². The van der Waals surface area contributed by atoms with E-state index in [1.807, 2.05) is 0 Å². The first-order valence-electron chi connectivity index (χ1n) is 5.63. The molecule has 3 aliphatic rings. The van der Waals surface area contributed by atoms with Gasteiger partial charge in [0.25, 0.3) is 0 Å². The molecule has 4 rings (SSSR count). The predicted octanol–water partition coefficient (Wildman–Crippen LogP) is 3.69. The molecule has 0 unspecified atom stereocenters. The van der Waals surface area contributed by atoms with E-state index in [2.05, 4.69) is 0 Å². The maximum absolute atomic E-state index is 12.5. The van der Waals surface area contributed by atoms with Crippen LogP contribution in [0, 0.1) is 11.3 Å². The Kier molecular flexibility index (Phi) is 1.98. The van der Waals surface area contributed by atoms with Crippen molar-refractivity contribution in [1.82, 2.24) is 0 Å². The number of carbonyl (C=O) groups is 1. The Labute approximate surface area is 96.6 Å². The summed E-state index contributed by atoms with van der Waals surface area (Å²) in [5, 5.41) is 0. The zero-order chi connectivity index (χ0) is 12.3. The lowest BCUT2D eigenvalue weighted by molar-refractivity contribution is -0.137. The number of rotatable bonds is 2. The minimum atomic E-state index is -4.38. The summed E-state index contributed by atoms with van der Waals surface area (Å²) < 4.78 is 37.6. The van der Waals surface area contributed by atoms with Crippen molar-refractivity contribution >= 4 is 5.78 Å². The Morgan fingerprint density at radius 2 is 1.88 bits per heavy atom. The van der Waals surface area contributed by atoms with E-state index in [-0.39, 0.29) is 16.8 Å². The van der Waals surface area contributed by atoms with Gasteiger partial charge in [0.1, 0.15) is 0 Å². The average molecular weight is 240 g/mol. The minimum Gasteiger partial charge on any atom is -0.294 e. The van der Waals surface area contributed by atoms with Gasteiger partial charge in [-0.1, -0.05) is 12.1 Å². The first-order chi connectivity index (χ1) is 7.91. The van der Waals surface area contributed by atoms with Gasteiger partial charge in [-0.3, -0.25) is 4.79 Å². The second-order valence-electron chi connectivity index (χ2n) is 5.17. The van der Waals surface area contributed by atoms with Crippen LogP contribution in [0.3, 0.4) is 0 Å². The molecule has 3 aliphatic carbocycles. The molecule has 0 radical (unpaired) electrons. The standard InChI is InChI=1S/C13H11F3O/c14-13(15,16)10-3-1-2-9(4-10)11(17)12-5-8(6-12)7-12/h1-4,8H,5-7H2. The molecule has 0 aliphatic heterocycles. The van der Waals surface area contributed by atoms with Gasteiger partial charge in [0, 0.05) is 11.0 Å². The van der Waals surface area contributed by atoms with Crippen LogP contribution in [0.2, 0.25) is 0 Å². The van der Waals surface area contributed by atoms with Crippen LogP contribution in [-0.4, -0.2) is 5.78 Å². The number of carbonyl (C=O) groups excluding carboxylic acids is 1. The molecule has 0 aromatic heterocycles. The molecular formula is C13H11F3O. The lowest BCUT2D eigenvalue weighted by Crippen LogP contribution is -2.56. The van der Waals surface area contributed by atoms with E-state index in [4.69, 9.17) is 0 Å². The molecule has 0 heterocycles. The third-order valence-electron chi connectivity index (χ3n) is 3.97. The predicted molar refractivity (Wildman–Crippen MR) is 55.5 cm³/mol. The third kappa shape index (κ3) is 1.50.